The van der Waals surface area contributed by atoms with Gasteiger partial charge in [0.05, 0.1) is 22.9 Å². The number of anilines is 1. The Morgan fingerprint density at radius 2 is 2.14 bits per heavy atom. The third-order valence-electron chi connectivity index (χ3n) is 3.55. The van der Waals surface area contributed by atoms with Crippen molar-refractivity contribution in [3.63, 3.8) is 0 Å². The molecule has 0 bridgehead atoms. The van der Waals surface area contributed by atoms with Gasteiger partial charge in [-0.15, -0.1) is 0 Å². The van der Waals surface area contributed by atoms with E-state index in [2.05, 4.69) is 10.6 Å². The highest BCUT2D eigenvalue weighted by Crippen LogP contribution is 2.25. The molecule has 1 saturated carbocycles. The molecular weight excluding hydrogens is 296 g/mol. The predicted molar refractivity (Wildman–Crippen MR) is 79.0 cm³/mol. The lowest BCUT2D eigenvalue weighted by molar-refractivity contribution is 0.0698. The van der Waals surface area contributed by atoms with E-state index in [1.807, 2.05) is 0 Å². The van der Waals surface area contributed by atoms with Crippen LogP contribution in [0.5, 0.6) is 0 Å². The molecule has 2 unspecified atom stereocenters. The first-order valence-electron chi connectivity index (χ1n) is 6.65. The summed E-state index contributed by atoms with van der Waals surface area (Å²) < 4.78 is 5.30. The van der Waals surface area contributed by atoms with Crippen molar-refractivity contribution in [3.8, 4) is 0 Å². The van der Waals surface area contributed by atoms with Crippen molar-refractivity contribution in [2.45, 2.75) is 31.4 Å². The summed E-state index contributed by atoms with van der Waals surface area (Å²) in [5, 5.41) is 14.6. The molecule has 114 valence electrons. The second-order valence-electron chi connectivity index (χ2n) is 4.88. The quantitative estimate of drug-likeness (QED) is 0.797. The number of carbonyl (C=O) groups is 2. The third-order valence-corrected chi connectivity index (χ3v) is 3.86. The van der Waals surface area contributed by atoms with Gasteiger partial charge < -0.3 is 20.5 Å². The number of urea groups is 1. The van der Waals surface area contributed by atoms with Crippen LogP contribution in [0.4, 0.5) is 10.5 Å². The minimum Gasteiger partial charge on any atom is -0.478 e. The molecule has 3 N–H and O–H groups in total. The molecule has 0 aliphatic heterocycles. The summed E-state index contributed by atoms with van der Waals surface area (Å²) in [5.74, 6) is -1.19. The largest absolute Gasteiger partial charge is 0.478 e. The Balaban J connectivity index is 2.06. The maximum absolute atomic E-state index is 12.0. The Kier molecular flexibility index (Phi) is 5.03. The van der Waals surface area contributed by atoms with Crippen molar-refractivity contribution in [2.75, 3.05) is 12.4 Å². The standard InChI is InChI=1S/C14H17ClN2O4/c1-21-11-7-3-5-9(11)16-14(20)17-10-6-2-4-8(15)12(10)13(18)19/h2,4,6,9,11H,3,5,7H2,1H3,(H,18,19)(H2,16,17,20). The van der Waals surface area contributed by atoms with Gasteiger partial charge in [-0.05, 0) is 31.4 Å². The van der Waals surface area contributed by atoms with Crippen LogP contribution in [0.3, 0.4) is 0 Å². The highest BCUT2D eigenvalue weighted by Gasteiger charge is 2.28. The number of halogens is 1. The minimum atomic E-state index is -1.19. The van der Waals surface area contributed by atoms with Gasteiger partial charge in [-0.2, -0.15) is 0 Å². The number of aromatic carboxylic acids is 1. The molecule has 6 nitrogen and oxygen atoms in total. The van der Waals surface area contributed by atoms with Crippen LogP contribution in [-0.4, -0.2) is 36.4 Å². The van der Waals surface area contributed by atoms with E-state index in [1.165, 1.54) is 12.1 Å². The second-order valence-corrected chi connectivity index (χ2v) is 5.28. The van der Waals surface area contributed by atoms with Crippen molar-refractivity contribution < 1.29 is 19.4 Å². The Morgan fingerprint density at radius 3 is 2.81 bits per heavy atom. The van der Waals surface area contributed by atoms with Crippen molar-refractivity contribution in [3.05, 3.63) is 28.8 Å². The lowest BCUT2D eigenvalue weighted by atomic mass is 10.2. The summed E-state index contributed by atoms with van der Waals surface area (Å²) in [6.07, 6.45) is 2.72. The molecule has 2 rings (SSSR count). The number of ether oxygens (including phenoxy) is 1. The fraction of sp³-hybridized carbons (Fsp3) is 0.429. The highest BCUT2D eigenvalue weighted by atomic mass is 35.5. The van der Waals surface area contributed by atoms with Crippen LogP contribution >= 0.6 is 11.6 Å². The maximum Gasteiger partial charge on any atom is 0.339 e. The molecule has 1 aromatic carbocycles. The van der Waals surface area contributed by atoms with Gasteiger partial charge in [0.1, 0.15) is 5.56 Å². The Labute approximate surface area is 127 Å². The summed E-state index contributed by atoms with van der Waals surface area (Å²) in [7, 11) is 1.61. The number of carboxylic acids is 1. The molecule has 1 fully saturated rings. The van der Waals surface area contributed by atoms with E-state index in [0.717, 1.165) is 19.3 Å². The van der Waals surface area contributed by atoms with E-state index in [1.54, 1.807) is 13.2 Å². The van der Waals surface area contributed by atoms with E-state index >= 15 is 0 Å². The summed E-state index contributed by atoms with van der Waals surface area (Å²) in [6.45, 7) is 0. The number of amides is 2. The number of nitrogens with one attached hydrogen (secondary N) is 2. The first-order chi connectivity index (χ1) is 10.0. The fourth-order valence-corrected chi connectivity index (χ4v) is 2.80. The third kappa shape index (κ3) is 3.65. The molecule has 0 saturated heterocycles. The first kappa shape index (κ1) is 15.6. The van der Waals surface area contributed by atoms with Crippen LogP contribution in [0.1, 0.15) is 29.6 Å². The molecule has 21 heavy (non-hydrogen) atoms. The van der Waals surface area contributed by atoms with Gasteiger partial charge >= 0.3 is 12.0 Å². The molecule has 7 heteroatoms. The van der Waals surface area contributed by atoms with Crippen LogP contribution in [0, 0.1) is 0 Å². The molecule has 0 heterocycles. The number of methoxy groups -OCH3 is 1. The predicted octanol–water partition coefficient (Wildman–Crippen LogP) is 2.73. The highest BCUT2D eigenvalue weighted by molar-refractivity contribution is 6.34. The molecule has 1 aliphatic carbocycles. The fourth-order valence-electron chi connectivity index (χ4n) is 2.55. The summed E-state index contributed by atoms with van der Waals surface area (Å²) in [6, 6.07) is 4.01. The summed E-state index contributed by atoms with van der Waals surface area (Å²) in [4.78, 5) is 23.2. The van der Waals surface area contributed by atoms with Gasteiger partial charge in [-0.3, -0.25) is 0 Å². The van der Waals surface area contributed by atoms with Gasteiger partial charge in [0.15, 0.2) is 0 Å². The van der Waals surface area contributed by atoms with Crippen molar-refractivity contribution in [2.24, 2.45) is 0 Å². The van der Waals surface area contributed by atoms with Crippen molar-refractivity contribution >= 4 is 29.3 Å². The van der Waals surface area contributed by atoms with Gasteiger partial charge in [0.2, 0.25) is 0 Å². The van der Waals surface area contributed by atoms with Gasteiger partial charge in [0.25, 0.3) is 0 Å². The zero-order valence-corrected chi connectivity index (χ0v) is 12.3. The topological polar surface area (TPSA) is 87.7 Å². The monoisotopic (exact) mass is 312 g/mol. The molecule has 0 spiro atoms. The minimum absolute atomic E-state index is 0.00550. The van der Waals surface area contributed by atoms with Gasteiger partial charge in [-0.25, -0.2) is 9.59 Å². The van der Waals surface area contributed by atoms with Crippen molar-refractivity contribution in [1.82, 2.24) is 5.32 Å². The van der Waals surface area contributed by atoms with E-state index in [-0.39, 0.29) is 28.4 Å². The number of benzene rings is 1. The molecule has 1 aliphatic rings. The Hall–Kier alpha value is -1.79. The molecule has 2 amide bonds. The number of carboxylic acid groups (broad SMARTS) is 1. The lowest BCUT2D eigenvalue weighted by Gasteiger charge is -2.20. The van der Waals surface area contributed by atoms with Gasteiger partial charge in [0, 0.05) is 7.11 Å². The zero-order chi connectivity index (χ0) is 15.4. The smallest absolute Gasteiger partial charge is 0.339 e. The van der Waals surface area contributed by atoms with Gasteiger partial charge in [-0.1, -0.05) is 17.7 Å². The normalized spacial score (nSPS) is 21.0. The van der Waals surface area contributed by atoms with E-state index < -0.39 is 12.0 Å². The molecular formula is C14H17ClN2O4. The molecule has 0 radical (unpaired) electrons. The van der Waals surface area contributed by atoms with E-state index in [0.29, 0.717) is 0 Å². The second kappa shape index (κ2) is 6.78. The first-order valence-corrected chi connectivity index (χ1v) is 7.03. The Morgan fingerprint density at radius 1 is 1.38 bits per heavy atom. The van der Waals surface area contributed by atoms with Crippen LogP contribution in [0.2, 0.25) is 5.02 Å². The average Bonchev–Trinajstić information content (AvgIpc) is 2.85. The summed E-state index contributed by atoms with van der Waals surface area (Å²) in [5.41, 5.74) is 0.0449. The molecule has 1 aromatic rings. The maximum atomic E-state index is 12.0. The number of rotatable bonds is 4. The molecule has 0 aromatic heterocycles. The number of hydrogen-bond acceptors (Lipinski definition) is 3. The molecule has 2 atom stereocenters. The zero-order valence-electron chi connectivity index (χ0n) is 11.6. The van der Waals surface area contributed by atoms with Crippen LogP contribution in [0.15, 0.2) is 18.2 Å². The van der Waals surface area contributed by atoms with Crippen molar-refractivity contribution in [1.29, 1.82) is 0 Å². The summed E-state index contributed by atoms with van der Waals surface area (Å²) >= 11 is 5.85. The van der Waals surface area contributed by atoms with Crippen LogP contribution in [0.25, 0.3) is 0 Å². The van der Waals surface area contributed by atoms with Crippen LogP contribution in [-0.2, 0) is 4.74 Å². The van der Waals surface area contributed by atoms with E-state index in [4.69, 9.17) is 21.4 Å². The Bertz CT molecular complexity index is 550. The van der Waals surface area contributed by atoms with E-state index in [9.17, 15) is 9.59 Å². The number of carbonyl (C=O) groups excluding carboxylic acids is 1. The lowest BCUT2D eigenvalue weighted by Crippen LogP contribution is -2.43. The number of hydrogen-bond donors (Lipinski definition) is 3. The van der Waals surface area contributed by atoms with Crippen LogP contribution < -0.4 is 10.6 Å². The average molecular weight is 313 g/mol. The SMILES string of the molecule is COC1CCCC1NC(=O)Nc1cccc(Cl)c1C(=O)O.